The van der Waals surface area contributed by atoms with Crippen molar-refractivity contribution in [3.63, 3.8) is 0 Å². The Balaban J connectivity index is 1.22. The summed E-state index contributed by atoms with van der Waals surface area (Å²) in [6.45, 7) is 17.6. The van der Waals surface area contributed by atoms with E-state index in [0.717, 1.165) is 61.9 Å². The maximum Gasteiger partial charge on any atom is 0.139 e. The van der Waals surface area contributed by atoms with Crippen LogP contribution in [0.1, 0.15) is 73.2 Å². The Morgan fingerprint density at radius 3 is 1.89 bits per heavy atom. The first-order valence-electron chi connectivity index (χ1n) is 18.8. The van der Waals surface area contributed by atoms with Gasteiger partial charge in [0.05, 0.1) is 44.8 Å². The van der Waals surface area contributed by atoms with E-state index in [-0.39, 0.29) is 0 Å². The second-order valence-electron chi connectivity index (χ2n) is 15.3. The van der Waals surface area contributed by atoms with E-state index in [0.29, 0.717) is 11.8 Å². The molecule has 0 aliphatic heterocycles. The van der Waals surface area contributed by atoms with Crippen molar-refractivity contribution in [3.05, 3.63) is 143 Å². The van der Waals surface area contributed by atoms with Gasteiger partial charge in [0.2, 0.25) is 0 Å². The molecule has 0 atom stereocenters. The van der Waals surface area contributed by atoms with E-state index in [9.17, 15) is 0 Å². The minimum atomic E-state index is 0.434. The lowest BCUT2D eigenvalue weighted by Gasteiger charge is -2.15. The van der Waals surface area contributed by atoms with Crippen LogP contribution in [0, 0.1) is 27.7 Å². The van der Waals surface area contributed by atoms with E-state index in [1.54, 1.807) is 0 Å². The van der Waals surface area contributed by atoms with E-state index in [2.05, 4.69) is 134 Å². The van der Waals surface area contributed by atoms with Gasteiger partial charge in [0.15, 0.2) is 0 Å². The number of hydrogen-bond acceptors (Lipinski definition) is 4. The Hall–Kier alpha value is -6.21. The van der Waals surface area contributed by atoms with Crippen LogP contribution < -0.4 is 4.74 Å². The molecule has 0 aliphatic rings. The van der Waals surface area contributed by atoms with E-state index < -0.39 is 0 Å². The number of rotatable bonds is 7. The summed E-state index contributed by atoms with van der Waals surface area (Å²) in [7, 11) is 0. The minimum absolute atomic E-state index is 0.434. The van der Waals surface area contributed by atoms with Crippen LogP contribution in [0.25, 0.3) is 60.8 Å². The Morgan fingerprint density at radius 2 is 1.22 bits per heavy atom. The van der Waals surface area contributed by atoms with Crippen LogP contribution in [-0.2, 0) is 0 Å². The highest BCUT2D eigenvalue weighted by molar-refractivity contribution is 6.12. The molecular formula is C47H44N6O. The monoisotopic (exact) mass is 708 g/mol. The third-order valence-corrected chi connectivity index (χ3v) is 11.0. The lowest BCUT2D eigenvalue weighted by molar-refractivity contribution is 0.482. The quantitative estimate of drug-likeness (QED) is 0.165. The first-order valence-corrected chi connectivity index (χ1v) is 18.8. The number of nitrogens with zero attached hydrogens (tertiary/aromatic N) is 6. The molecule has 4 aromatic heterocycles. The SMILES string of the molecule is Cc1nnn(-c2cccc(Oc3ccc4c5ccccc5n(-c5cc(-n6c7c(C)cc(C(C)C)cc7c7cc(C(C)C)cc(C)c76)ccn5)c4c3)c2)c1C. The van der Waals surface area contributed by atoms with Gasteiger partial charge in [-0.25, -0.2) is 9.67 Å². The maximum atomic E-state index is 6.54. The molecule has 4 heterocycles. The zero-order valence-electron chi connectivity index (χ0n) is 32.1. The molecule has 268 valence electrons. The molecule has 0 amide bonds. The zero-order valence-corrected chi connectivity index (χ0v) is 32.1. The second-order valence-corrected chi connectivity index (χ2v) is 15.3. The van der Waals surface area contributed by atoms with E-state index in [1.165, 1.54) is 44.1 Å². The average molecular weight is 709 g/mol. The fourth-order valence-electron chi connectivity index (χ4n) is 8.05. The predicted octanol–water partition coefficient (Wildman–Crippen LogP) is 12.1. The van der Waals surface area contributed by atoms with Gasteiger partial charge in [0.25, 0.3) is 0 Å². The highest BCUT2D eigenvalue weighted by Gasteiger charge is 2.21. The number of aryl methyl sites for hydroxylation is 3. The number of ether oxygens (including phenoxy) is 1. The Labute approximate surface area is 315 Å². The summed E-state index contributed by atoms with van der Waals surface area (Å²) in [6.07, 6.45) is 1.94. The summed E-state index contributed by atoms with van der Waals surface area (Å²) in [5, 5.41) is 13.5. The number of para-hydroxylation sites is 1. The van der Waals surface area contributed by atoms with Crippen molar-refractivity contribution in [1.29, 1.82) is 0 Å². The van der Waals surface area contributed by atoms with Crippen LogP contribution in [0.5, 0.6) is 11.5 Å². The van der Waals surface area contributed by atoms with Crippen molar-refractivity contribution in [2.24, 2.45) is 0 Å². The fraction of sp³-hybridized carbons (Fsp3) is 0.213. The van der Waals surface area contributed by atoms with Gasteiger partial charge >= 0.3 is 0 Å². The first kappa shape index (κ1) is 33.6. The molecule has 0 radical (unpaired) electrons. The van der Waals surface area contributed by atoms with Crippen molar-refractivity contribution in [1.82, 2.24) is 29.1 Å². The minimum Gasteiger partial charge on any atom is -0.457 e. The summed E-state index contributed by atoms with van der Waals surface area (Å²) in [6, 6.07) is 36.8. The molecule has 9 rings (SSSR count). The lowest BCUT2D eigenvalue weighted by atomic mass is 9.95. The molecule has 0 spiro atoms. The molecule has 0 fully saturated rings. The normalized spacial score (nSPS) is 12.0. The van der Waals surface area contributed by atoms with Crippen molar-refractivity contribution in [2.75, 3.05) is 0 Å². The van der Waals surface area contributed by atoms with Crippen molar-refractivity contribution in [2.45, 2.75) is 67.2 Å². The van der Waals surface area contributed by atoms with Crippen LogP contribution in [0.2, 0.25) is 0 Å². The Kier molecular flexibility index (Phi) is 7.92. The average Bonchev–Trinajstić information content (AvgIpc) is 3.80. The molecule has 54 heavy (non-hydrogen) atoms. The molecule has 7 nitrogen and oxygen atoms in total. The zero-order chi connectivity index (χ0) is 37.4. The van der Waals surface area contributed by atoms with Crippen LogP contribution in [0.15, 0.2) is 109 Å². The number of aromatic nitrogens is 6. The van der Waals surface area contributed by atoms with E-state index in [4.69, 9.17) is 9.72 Å². The third-order valence-electron chi connectivity index (χ3n) is 11.0. The maximum absolute atomic E-state index is 6.54. The summed E-state index contributed by atoms with van der Waals surface area (Å²) in [5.74, 6) is 3.17. The summed E-state index contributed by atoms with van der Waals surface area (Å²) >= 11 is 0. The molecule has 0 aliphatic carbocycles. The lowest BCUT2D eigenvalue weighted by Crippen LogP contribution is -2.02. The van der Waals surface area contributed by atoms with Gasteiger partial charge < -0.3 is 9.30 Å². The molecule has 0 saturated carbocycles. The third kappa shape index (κ3) is 5.37. The van der Waals surface area contributed by atoms with Gasteiger partial charge in [-0.3, -0.25) is 4.57 Å². The summed E-state index contributed by atoms with van der Waals surface area (Å²) in [4.78, 5) is 5.03. The van der Waals surface area contributed by atoms with Gasteiger partial charge in [-0.15, -0.1) is 5.10 Å². The second kappa shape index (κ2) is 12.7. The van der Waals surface area contributed by atoms with Crippen LogP contribution in [0.4, 0.5) is 0 Å². The molecule has 0 N–H and O–H groups in total. The van der Waals surface area contributed by atoms with Gasteiger partial charge in [-0.1, -0.05) is 69.3 Å². The summed E-state index contributed by atoms with van der Waals surface area (Å²) < 4.78 is 13.1. The first-order chi connectivity index (χ1) is 26.1. The number of hydrogen-bond donors (Lipinski definition) is 0. The van der Waals surface area contributed by atoms with Crippen LogP contribution in [0.3, 0.4) is 0 Å². The summed E-state index contributed by atoms with van der Waals surface area (Å²) in [5.41, 5.74) is 13.7. The van der Waals surface area contributed by atoms with Crippen molar-refractivity contribution >= 4 is 43.6 Å². The van der Waals surface area contributed by atoms with E-state index >= 15 is 0 Å². The molecule has 5 aromatic carbocycles. The van der Waals surface area contributed by atoms with Gasteiger partial charge in [-0.2, -0.15) is 0 Å². The van der Waals surface area contributed by atoms with E-state index in [1.807, 2.05) is 55.1 Å². The van der Waals surface area contributed by atoms with Crippen molar-refractivity contribution < 1.29 is 4.74 Å². The van der Waals surface area contributed by atoms with Crippen LogP contribution >= 0.6 is 0 Å². The number of pyridine rings is 1. The number of benzene rings is 5. The smallest absolute Gasteiger partial charge is 0.139 e. The van der Waals surface area contributed by atoms with Crippen molar-refractivity contribution in [3.8, 4) is 28.7 Å². The van der Waals surface area contributed by atoms with Crippen LogP contribution in [-0.4, -0.2) is 29.1 Å². The topological polar surface area (TPSA) is 62.7 Å². The molecular weight excluding hydrogens is 665 g/mol. The van der Waals surface area contributed by atoms with Gasteiger partial charge in [0.1, 0.15) is 17.3 Å². The fourth-order valence-corrected chi connectivity index (χ4v) is 8.05. The molecule has 0 bridgehead atoms. The predicted molar refractivity (Wildman–Crippen MR) is 221 cm³/mol. The largest absolute Gasteiger partial charge is 0.457 e. The van der Waals surface area contributed by atoms with Gasteiger partial charge in [0, 0.05) is 45.9 Å². The Morgan fingerprint density at radius 1 is 0.556 bits per heavy atom. The highest BCUT2D eigenvalue weighted by atomic mass is 16.5. The Bertz CT molecular complexity index is 2850. The molecule has 7 heteroatoms. The standard InChI is InChI=1S/C47H44N6O/c1-27(2)33-20-29(5)46-41(22-33)42-23-34(28(3)4)21-30(6)47(42)51(46)35-18-19-48-45(25-35)52-43-15-10-9-14-39(43)40-17-16-38(26-44(40)52)54-37-13-11-12-36(24-37)53-32(8)31(7)49-50-53/h9-28H,1-8H3. The molecule has 0 saturated heterocycles. The highest BCUT2D eigenvalue weighted by Crippen LogP contribution is 2.40. The molecule has 0 unspecified atom stereocenters. The number of fused-ring (bicyclic) bond motifs is 6. The molecule has 9 aromatic rings. The van der Waals surface area contributed by atoms with Gasteiger partial charge in [-0.05, 0) is 110 Å².